The van der Waals surface area contributed by atoms with Crippen molar-refractivity contribution in [2.45, 2.75) is 0 Å². The van der Waals surface area contributed by atoms with Gasteiger partial charge in [-0.25, -0.2) is 0 Å². The van der Waals surface area contributed by atoms with Crippen LogP contribution in [-0.4, -0.2) is 9.78 Å². The van der Waals surface area contributed by atoms with E-state index in [-0.39, 0.29) is 5.56 Å². The van der Waals surface area contributed by atoms with Gasteiger partial charge < -0.3 is 0 Å². The average Bonchev–Trinajstić information content (AvgIpc) is 2.47. The van der Waals surface area contributed by atoms with Crippen LogP contribution in [0.4, 0.5) is 0 Å². The van der Waals surface area contributed by atoms with Crippen LogP contribution < -0.4 is 5.56 Å². The Morgan fingerprint density at radius 2 is 2.14 bits per heavy atom. The molecule has 3 nitrogen and oxygen atoms in total. The van der Waals surface area contributed by atoms with Crippen molar-refractivity contribution < 1.29 is 0 Å². The fraction of sp³-hybridized carbons (Fsp3) is 0.100. The van der Waals surface area contributed by atoms with Crippen LogP contribution in [0.5, 0.6) is 0 Å². The van der Waals surface area contributed by atoms with E-state index in [0.717, 1.165) is 11.3 Å². The molecule has 0 fully saturated rings. The van der Waals surface area contributed by atoms with Crippen molar-refractivity contribution in [2.75, 3.05) is 0 Å². The summed E-state index contributed by atoms with van der Waals surface area (Å²) in [6.45, 7) is 0. The van der Waals surface area contributed by atoms with Crippen molar-refractivity contribution in [3.63, 3.8) is 0 Å². The summed E-state index contributed by atoms with van der Waals surface area (Å²) in [5.41, 5.74) is 1.63. The number of benzene rings is 1. The number of aromatic nitrogens is 2. The molecule has 2 aromatic rings. The fourth-order valence-corrected chi connectivity index (χ4v) is 1.48. The maximum atomic E-state index is 11.2. The summed E-state index contributed by atoms with van der Waals surface area (Å²) in [4.78, 5) is 11.2. The van der Waals surface area contributed by atoms with Crippen molar-refractivity contribution in [2.24, 2.45) is 7.05 Å². The van der Waals surface area contributed by atoms with Gasteiger partial charge in [-0.2, -0.15) is 0 Å². The minimum atomic E-state index is -0.0556. The van der Waals surface area contributed by atoms with Gasteiger partial charge in [0, 0.05) is 23.7 Å². The van der Waals surface area contributed by atoms with E-state index < -0.39 is 0 Å². The number of hydrogen-bond acceptors (Lipinski definition) is 1. The summed E-state index contributed by atoms with van der Waals surface area (Å²) >= 11 is 5.84. The van der Waals surface area contributed by atoms with Gasteiger partial charge in [-0.05, 0) is 12.1 Å². The first-order valence-electron chi connectivity index (χ1n) is 4.19. The van der Waals surface area contributed by atoms with E-state index in [0.29, 0.717) is 5.02 Å². The molecule has 1 N–H and O–H groups in total. The Balaban J connectivity index is 2.54. The molecule has 0 saturated heterocycles. The van der Waals surface area contributed by atoms with Crippen molar-refractivity contribution in [1.29, 1.82) is 0 Å². The number of aromatic amines is 1. The highest BCUT2D eigenvalue weighted by Gasteiger charge is 2.02. The Morgan fingerprint density at radius 1 is 1.36 bits per heavy atom. The second kappa shape index (κ2) is 3.35. The lowest BCUT2D eigenvalue weighted by Crippen LogP contribution is -2.09. The van der Waals surface area contributed by atoms with Crippen molar-refractivity contribution in [3.8, 4) is 11.3 Å². The van der Waals surface area contributed by atoms with E-state index in [1.165, 1.54) is 4.68 Å². The molecule has 1 heterocycles. The summed E-state index contributed by atoms with van der Waals surface area (Å²) in [5.74, 6) is 0. The second-order valence-electron chi connectivity index (χ2n) is 3.08. The fourth-order valence-electron chi connectivity index (χ4n) is 1.29. The van der Waals surface area contributed by atoms with Gasteiger partial charge in [-0.1, -0.05) is 23.7 Å². The number of H-pyrrole nitrogens is 1. The predicted molar refractivity (Wildman–Crippen MR) is 56.5 cm³/mol. The van der Waals surface area contributed by atoms with Crippen LogP contribution in [0.3, 0.4) is 0 Å². The first-order chi connectivity index (χ1) is 6.66. The summed E-state index contributed by atoms with van der Waals surface area (Å²) in [7, 11) is 1.68. The van der Waals surface area contributed by atoms with Gasteiger partial charge in [0.15, 0.2) is 0 Å². The largest absolute Gasteiger partial charge is 0.295 e. The average molecular weight is 209 g/mol. The van der Waals surface area contributed by atoms with Crippen LogP contribution in [0, 0.1) is 0 Å². The molecule has 1 aromatic heterocycles. The summed E-state index contributed by atoms with van der Waals surface area (Å²) in [6, 6.07) is 8.91. The first-order valence-corrected chi connectivity index (χ1v) is 4.56. The van der Waals surface area contributed by atoms with Gasteiger partial charge in [0.05, 0.1) is 5.69 Å². The lowest BCUT2D eigenvalue weighted by atomic mass is 10.2. The zero-order valence-corrected chi connectivity index (χ0v) is 8.38. The highest BCUT2D eigenvalue weighted by atomic mass is 35.5. The molecule has 72 valence electrons. The van der Waals surface area contributed by atoms with Gasteiger partial charge >= 0.3 is 0 Å². The normalized spacial score (nSPS) is 10.4. The van der Waals surface area contributed by atoms with Crippen molar-refractivity contribution in [3.05, 3.63) is 45.7 Å². The molecular formula is C10H9ClN2O. The van der Waals surface area contributed by atoms with E-state index in [4.69, 9.17) is 11.6 Å². The Morgan fingerprint density at radius 3 is 2.71 bits per heavy atom. The minimum absolute atomic E-state index is 0.0556. The number of halogens is 1. The van der Waals surface area contributed by atoms with Gasteiger partial charge in [0.1, 0.15) is 0 Å². The van der Waals surface area contributed by atoms with Crippen molar-refractivity contribution in [1.82, 2.24) is 9.78 Å². The van der Waals surface area contributed by atoms with Gasteiger partial charge in [0.25, 0.3) is 5.56 Å². The lowest BCUT2D eigenvalue weighted by molar-refractivity contribution is 0.742. The molecule has 0 spiro atoms. The summed E-state index contributed by atoms with van der Waals surface area (Å²) < 4.78 is 1.43. The monoisotopic (exact) mass is 208 g/mol. The van der Waals surface area contributed by atoms with E-state index in [1.54, 1.807) is 19.2 Å². The number of rotatable bonds is 1. The molecule has 0 unspecified atom stereocenters. The molecule has 0 saturated carbocycles. The van der Waals surface area contributed by atoms with Crippen molar-refractivity contribution >= 4 is 11.6 Å². The van der Waals surface area contributed by atoms with E-state index in [2.05, 4.69) is 5.10 Å². The molecule has 0 bridgehead atoms. The molecular weight excluding hydrogens is 200 g/mol. The lowest BCUT2D eigenvalue weighted by Gasteiger charge is -1.97. The van der Waals surface area contributed by atoms with Crippen LogP contribution in [-0.2, 0) is 7.05 Å². The third-order valence-corrected chi connectivity index (χ3v) is 2.26. The van der Waals surface area contributed by atoms with Gasteiger partial charge in [-0.15, -0.1) is 0 Å². The minimum Gasteiger partial charge on any atom is -0.295 e. The zero-order chi connectivity index (χ0) is 10.1. The third-order valence-electron chi connectivity index (χ3n) is 2.02. The SMILES string of the molecule is Cn1[nH]c(-c2cccc(Cl)c2)cc1=O. The highest BCUT2D eigenvalue weighted by molar-refractivity contribution is 6.30. The maximum absolute atomic E-state index is 11.2. The molecule has 0 radical (unpaired) electrons. The maximum Gasteiger partial charge on any atom is 0.266 e. The number of aryl methyl sites for hydroxylation is 1. The quantitative estimate of drug-likeness (QED) is 0.765. The molecule has 0 atom stereocenters. The Kier molecular flexibility index (Phi) is 2.17. The van der Waals surface area contributed by atoms with Crippen LogP contribution in [0.2, 0.25) is 5.02 Å². The summed E-state index contributed by atoms with van der Waals surface area (Å²) in [5, 5.41) is 3.59. The van der Waals surface area contributed by atoms with Gasteiger partial charge in [0.2, 0.25) is 0 Å². The molecule has 0 aliphatic rings. The first kappa shape index (κ1) is 9.09. The Bertz CT molecular complexity index is 513. The van der Waals surface area contributed by atoms with Crippen LogP contribution in [0.1, 0.15) is 0 Å². The van der Waals surface area contributed by atoms with E-state index in [9.17, 15) is 4.79 Å². The Hall–Kier alpha value is -1.48. The topological polar surface area (TPSA) is 37.8 Å². The molecule has 0 aliphatic heterocycles. The molecule has 2 rings (SSSR count). The van der Waals surface area contributed by atoms with Gasteiger partial charge in [-0.3, -0.25) is 14.6 Å². The van der Waals surface area contributed by atoms with Crippen LogP contribution in [0.15, 0.2) is 35.1 Å². The van der Waals surface area contributed by atoms with Crippen LogP contribution in [0.25, 0.3) is 11.3 Å². The molecule has 0 aliphatic carbocycles. The van der Waals surface area contributed by atoms with E-state index >= 15 is 0 Å². The van der Waals surface area contributed by atoms with E-state index in [1.807, 2.05) is 18.2 Å². The molecule has 0 amide bonds. The number of hydrogen-bond donors (Lipinski definition) is 1. The second-order valence-corrected chi connectivity index (χ2v) is 3.51. The highest BCUT2D eigenvalue weighted by Crippen LogP contribution is 2.19. The zero-order valence-electron chi connectivity index (χ0n) is 7.62. The molecule has 1 aromatic carbocycles. The Labute approximate surface area is 85.9 Å². The third kappa shape index (κ3) is 1.59. The smallest absolute Gasteiger partial charge is 0.266 e. The molecule has 4 heteroatoms. The number of nitrogens with one attached hydrogen (secondary N) is 1. The predicted octanol–water partition coefficient (Wildman–Crippen LogP) is 2.03. The van der Waals surface area contributed by atoms with Crippen LogP contribution >= 0.6 is 11.6 Å². The standard InChI is InChI=1S/C10H9ClN2O/c1-13-10(14)6-9(12-13)7-3-2-4-8(11)5-7/h2-6,12H,1H3. The molecule has 14 heavy (non-hydrogen) atoms. The summed E-state index contributed by atoms with van der Waals surface area (Å²) in [6.07, 6.45) is 0. The number of nitrogens with zero attached hydrogens (tertiary/aromatic N) is 1.